The lowest BCUT2D eigenvalue weighted by molar-refractivity contribution is -0.133. The fourth-order valence-electron chi connectivity index (χ4n) is 0.810. The normalized spacial score (nSPS) is 14.3. The van der Waals surface area contributed by atoms with Crippen molar-refractivity contribution in [1.29, 1.82) is 0 Å². The molecule has 0 amide bonds. The fraction of sp³-hybridized carbons (Fsp3) is 0.667. The Balaban J connectivity index is 4.06. The highest BCUT2D eigenvalue weighted by Gasteiger charge is 2.28. The first-order chi connectivity index (χ1) is 7.04. The Labute approximate surface area is 90.0 Å². The van der Waals surface area contributed by atoms with Crippen molar-refractivity contribution in [3.05, 3.63) is 12.7 Å². The van der Waals surface area contributed by atoms with Crippen LogP contribution in [0.25, 0.3) is 0 Å². The second-order valence-electron chi connectivity index (χ2n) is 2.71. The topological polar surface area (TPSA) is 61.8 Å². The average molecular weight is 236 g/mol. The summed E-state index contributed by atoms with van der Waals surface area (Å²) in [7, 11) is -3.70. The van der Waals surface area contributed by atoms with Crippen molar-refractivity contribution >= 4 is 13.8 Å². The van der Waals surface area contributed by atoms with E-state index in [4.69, 9.17) is 9.05 Å². The molecule has 0 heterocycles. The van der Waals surface area contributed by atoms with Gasteiger partial charge in [0.05, 0.1) is 13.2 Å². The minimum Gasteiger partial charge on any atom is -0.371 e. The minimum atomic E-state index is -3.70. The van der Waals surface area contributed by atoms with Gasteiger partial charge in [0.25, 0.3) is 0 Å². The zero-order valence-electron chi connectivity index (χ0n) is 9.10. The summed E-state index contributed by atoms with van der Waals surface area (Å²) < 4.78 is 25.9. The van der Waals surface area contributed by atoms with E-state index in [-0.39, 0.29) is 13.2 Å². The van der Waals surface area contributed by atoms with Crippen LogP contribution >= 0.6 is 7.82 Å². The molecule has 1 unspecified atom stereocenters. The Morgan fingerprint density at radius 2 is 2.13 bits per heavy atom. The summed E-state index contributed by atoms with van der Waals surface area (Å²) >= 11 is 0. The van der Waals surface area contributed by atoms with Crippen LogP contribution in [0.3, 0.4) is 0 Å². The van der Waals surface area contributed by atoms with E-state index in [1.54, 1.807) is 13.0 Å². The molecule has 15 heavy (non-hydrogen) atoms. The van der Waals surface area contributed by atoms with Gasteiger partial charge in [-0.1, -0.05) is 6.08 Å². The van der Waals surface area contributed by atoms with Crippen LogP contribution in [0.5, 0.6) is 0 Å². The number of hydrogen-bond donors (Lipinski definition) is 0. The first-order valence-corrected chi connectivity index (χ1v) is 6.20. The third-order valence-electron chi connectivity index (χ3n) is 1.33. The molecule has 0 radical (unpaired) electrons. The summed E-state index contributed by atoms with van der Waals surface area (Å²) in [5.74, 6) is -0.685. The van der Waals surface area contributed by atoms with E-state index in [0.29, 0.717) is 6.42 Å². The molecule has 0 bridgehead atoms. The van der Waals surface area contributed by atoms with Gasteiger partial charge in [0, 0.05) is 6.92 Å². The van der Waals surface area contributed by atoms with Gasteiger partial charge in [0.2, 0.25) is 0 Å². The average Bonchev–Trinajstić information content (AvgIpc) is 2.11. The molecule has 0 aromatic heterocycles. The number of phosphoric acid groups is 1. The van der Waals surface area contributed by atoms with Gasteiger partial charge in [0.15, 0.2) is 0 Å². The molecule has 0 spiro atoms. The number of carbonyl (C=O) groups excluding carboxylic acids is 1. The smallest absolute Gasteiger partial charge is 0.371 e. The third-order valence-corrected chi connectivity index (χ3v) is 2.88. The van der Waals surface area contributed by atoms with Crippen molar-refractivity contribution in [2.24, 2.45) is 0 Å². The van der Waals surface area contributed by atoms with E-state index in [1.807, 2.05) is 0 Å². The lowest BCUT2D eigenvalue weighted by Crippen LogP contribution is -2.04. The fourth-order valence-corrected chi connectivity index (χ4v) is 1.97. The molecule has 0 aliphatic heterocycles. The number of unbranched alkanes of at least 4 members (excludes halogenated alkanes) is 1. The van der Waals surface area contributed by atoms with Crippen LogP contribution in [0.1, 0.15) is 26.7 Å². The lowest BCUT2D eigenvalue weighted by Gasteiger charge is -2.15. The highest BCUT2D eigenvalue weighted by molar-refractivity contribution is 7.49. The lowest BCUT2D eigenvalue weighted by atomic mass is 10.3. The summed E-state index contributed by atoms with van der Waals surface area (Å²) in [6, 6.07) is 0. The van der Waals surface area contributed by atoms with Crippen molar-refractivity contribution in [2.75, 3.05) is 13.2 Å². The maximum Gasteiger partial charge on any atom is 0.532 e. The van der Waals surface area contributed by atoms with Crippen LogP contribution in [0.15, 0.2) is 12.7 Å². The highest BCUT2D eigenvalue weighted by atomic mass is 31.2. The van der Waals surface area contributed by atoms with E-state index < -0.39 is 13.8 Å². The number of hydrogen-bond acceptors (Lipinski definition) is 5. The van der Waals surface area contributed by atoms with Gasteiger partial charge >= 0.3 is 13.8 Å². The zero-order chi connectivity index (χ0) is 11.7. The molecule has 5 nitrogen and oxygen atoms in total. The molecular weight excluding hydrogens is 219 g/mol. The number of phosphoric ester groups is 1. The summed E-state index contributed by atoms with van der Waals surface area (Å²) in [5.41, 5.74) is 0. The van der Waals surface area contributed by atoms with Crippen LogP contribution in [0.2, 0.25) is 0 Å². The molecule has 0 aliphatic carbocycles. The number of rotatable bonds is 8. The van der Waals surface area contributed by atoms with Crippen molar-refractivity contribution in [2.45, 2.75) is 26.7 Å². The van der Waals surface area contributed by atoms with Crippen LogP contribution in [0.4, 0.5) is 0 Å². The molecule has 0 saturated heterocycles. The maximum atomic E-state index is 11.7. The van der Waals surface area contributed by atoms with Crippen LogP contribution in [-0.2, 0) is 22.9 Å². The largest absolute Gasteiger partial charge is 0.532 e. The second-order valence-corrected chi connectivity index (χ2v) is 4.31. The Bertz CT molecular complexity index is 251. The standard InChI is InChI=1S/C9H17O5P/c1-4-6-7-8-13-15(11,12-5-2)14-9(3)10/h4H,1,5-8H2,2-3H3. The predicted octanol–water partition coefficient (Wildman–Crippen LogP) is 2.68. The molecule has 0 aromatic carbocycles. The van der Waals surface area contributed by atoms with Gasteiger partial charge < -0.3 is 4.52 Å². The summed E-state index contributed by atoms with van der Waals surface area (Å²) in [6.45, 7) is 6.70. The molecule has 0 N–H and O–H groups in total. The van der Waals surface area contributed by atoms with Gasteiger partial charge in [-0.2, -0.15) is 0 Å². The third kappa shape index (κ3) is 7.31. The highest BCUT2D eigenvalue weighted by Crippen LogP contribution is 2.49. The van der Waals surface area contributed by atoms with Gasteiger partial charge in [-0.3, -0.25) is 13.8 Å². The van der Waals surface area contributed by atoms with Gasteiger partial charge in [-0.15, -0.1) is 6.58 Å². The predicted molar refractivity (Wildman–Crippen MR) is 56.4 cm³/mol. The van der Waals surface area contributed by atoms with Crippen LogP contribution in [-0.4, -0.2) is 19.2 Å². The van der Waals surface area contributed by atoms with E-state index in [0.717, 1.165) is 13.3 Å². The minimum absolute atomic E-state index is 0.159. The van der Waals surface area contributed by atoms with E-state index in [9.17, 15) is 9.36 Å². The Kier molecular flexibility index (Phi) is 7.30. The van der Waals surface area contributed by atoms with Crippen molar-refractivity contribution < 1.29 is 22.9 Å². The Morgan fingerprint density at radius 1 is 1.47 bits per heavy atom. The van der Waals surface area contributed by atoms with Crippen molar-refractivity contribution in [3.63, 3.8) is 0 Å². The number of allylic oxidation sites excluding steroid dienone is 1. The molecule has 0 aromatic rings. The van der Waals surface area contributed by atoms with Gasteiger partial charge in [0.1, 0.15) is 0 Å². The molecule has 0 aliphatic rings. The Morgan fingerprint density at radius 3 is 2.60 bits per heavy atom. The molecule has 0 rings (SSSR count). The molecule has 0 fully saturated rings. The van der Waals surface area contributed by atoms with Crippen LogP contribution < -0.4 is 0 Å². The SMILES string of the molecule is C=CCCCOP(=O)(OCC)OC(C)=O. The first kappa shape index (κ1) is 14.4. The Hall–Kier alpha value is -0.640. The molecule has 0 saturated carbocycles. The maximum absolute atomic E-state index is 11.7. The van der Waals surface area contributed by atoms with E-state index in [2.05, 4.69) is 11.1 Å². The number of carbonyl (C=O) groups is 1. The summed E-state index contributed by atoms with van der Waals surface area (Å²) in [6.07, 6.45) is 3.12. The summed E-state index contributed by atoms with van der Waals surface area (Å²) in [5, 5.41) is 0. The van der Waals surface area contributed by atoms with Gasteiger partial charge in [-0.05, 0) is 19.8 Å². The zero-order valence-corrected chi connectivity index (χ0v) is 10.00. The van der Waals surface area contributed by atoms with Crippen molar-refractivity contribution in [3.8, 4) is 0 Å². The summed E-state index contributed by atoms with van der Waals surface area (Å²) in [4.78, 5) is 10.7. The molecule has 88 valence electrons. The quantitative estimate of drug-likeness (QED) is 0.368. The molecular formula is C9H17O5P. The molecule has 6 heteroatoms. The second kappa shape index (κ2) is 7.63. The van der Waals surface area contributed by atoms with Gasteiger partial charge in [-0.25, -0.2) is 4.57 Å². The van der Waals surface area contributed by atoms with Crippen molar-refractivity contribution in [1.82, 2.24) is 0 Å². The monoisotopic (exact) mass is 236 g/mol. The molecule has 1 atom stereocenters. The van der Waals surface area contributed by atoms with E-state index >= 15 is 0 Å². The first-order valence-electron chi connectivity index (χ1n) is 4.74. The van der Waals surface area contributed by atoms with E-state index in [1.165, 1.54) is 0 Å². The van der Waals surface area contributed by atoms with Crippen LogP contribution in [0, 0.1) is 0 Å².